The van der Waals surface area contributed by atoms with E-state index in [9.17, 15) is 29.1 Å². The molecule has 3 fully saturated rings. The molecule has 3 aliphatic heterocycles. The number of nitrogens with one attached hydrogen (secondary N) is 3. The number of amides is 6. The second-order valence-electron chi connectivity index (χ2n) is 26.0. The number of hydrogen-bond donors (Lipinski definition) is 4. The van der Waals surface area contributed by atoms with Crippen LogP contribution in [0.2, 0.25) is 0 Å². The Hall–Kier alpha value is -9.54. The molecule has 0 saturated carbocycles. The van der Waals surface area contributed by atoms with Gasteiger partial charge in [0.05, 0.1) is 99.2 Å². The minimum absolute atomic E-state index is 0.0277. The summed E-state index contributed by atoms with van der Waals surface area (Å²) in [6, 6.07) is 24.8. The SMILES string of the molecule is CC[C@@H](C(=O)N1C[C@H](OCc2cc([C@@H](CC)C(=O)N3C[C@H](O)C[C@H]3C(=O)N[C@@H](C)c3ccc(-c4scnc4C)cc3)on2)C[C@H]1C(=O)NCc1ccc(-c2ocnc2C)cc1)c1cc(CO[C@@H]2C[C@@H](C(=O)N[C@@H](C)c3ccc(-c4cncs4)cc3)N(C(=O)[C@H](CC)c3cc(C)no3)C2)no1. The first-order valence-electron chi connectivity index (χ1n) is 33.9. The van der Waals surface area contributed by atoms with Crippen molar-refractivity contribution in [2.24, 2.45) is 0 Å². The third kappa shape index (κ3) is 15.7. The molecule has 27 heteroatoms. The summed E-state index contributed by atoms with van der Waals surface area (Å²) in [7, 11) is 0. The van der Waals surface area contributed by atoms with Crippen LogP contribution in [0.1, 0.15) is 165 Å². The predicted octanol–water partition coefficient (Wildman–Crippen LogP) is 10.4. The van der Waals surface area contributed by atoms with E-state index >= 15 is 4.79 Å². The van der Waals surface area contributed by atoms with Crippen molar-refractivity contribution in [2.75, 3.05) is 19.6 Å². The standard InChI is InChI=1S/C73H82N12O13S2/c1-9-56(62-24-40(4)80-96-62)72(91)85-34-55(29-61(85)70(89)79-41(5)46-16-20-48(21-17-46)65-31-74-38-99-65)94-36-52-26-64(98-82-52)58(11-3)73(92)84-33-54(28-60(84)68(87)75-30-45-12-14-49(15-13-45)66-43(7)76-37-95-66)93-35-51-25-63(97-81-51)57(10-2)71(90)83-32-53(86)27-59(83)69(88)78-42(6)47-18-22-50(23-19-47)67-44(8)77-39-100-67/h12-26,31,37-39,41-42,53-61,86H,9-11,27-30,32-36H2,1-8H3,(H,75,87)(H,78,88)(H,79,89)/t41-,42-,53+,54+,55+,56+,57+,58+,59-,60-,61-/m0/s1. The number of aliphatic hydroxyl groups excluding tert-OH is 1. The number of aliphatic hydroxyl groups is 1. The summed E-state index contributed by atoms with van der Waals surface area (Å²) >= 11 is 3.10. The molecule has 9 aromatic rings. The summed E-state index contributed by atoms with van der Waals surface area (Å²) in [5.74, 6) is -3.04. The maximum atomic E-state index is 15.1. The van der Waals surface area contributed by atoms with Crippen molar-refractivity contribution in [3.8, 4) is 32.2 Å². The Balaban J connectivity index is 0.703. The molecule has 0 spiro atoms. The maximum Gasteiger partial charge on any atom is 0.243 e. The third-order valence-corrected chi connectivity index (χ3v) is 20.9. The molecule has 3 aromatic carbocycles. The molecule has 0 radical (unpaired) electrons. The van der Waals surface area contributed by atoms with E-state index in [-0.39, 0.29) is 106 Å². The van der Waals surface area contributed by atoms with E-state index in [1.807, 2.05) is 133 Å². The Morgan fingerprint density at radius 3 is 1.56 bits per heavy atom. The Kier molecular flexibility index (Phi) is 22.0. The van der Waals surface area contributed by atoms with Gasteiger partial charge in [0.15, 0.2) is 12.2 Å². The zero-order chi connectivity index (χ0) is 70.3. The molecule has 25 nitrogen and oxygen atoms in total. The fourth-order valence-electron chi connectivity index (χ4n) is 13.5. The van der Waals surface area contributed by atoms with Crippen LogP contribution in [-0.4, -0.2) is 142 Å². The molecule has 524 valence electrons. The third-order valence-electron chi connectivity index (χ3n) is 19.1. The lowest BCUT2D eigenvalue weighted by Gasteiger charge is -2.28. The summed E-state index contributed by atoms with van der Waals surface area (Å²) < 4.78 is 35.8. The van der Waals surface area contributed by atoms with Crippen LogP contribution < -0.4 is 16.0 Å². The van der Waals surface area contributed by atoms with Gasteiger partial charge in [-0.3, -0.25) is 33.8 Å². The van der Waals surface area contributed by atoms with E-state index in [2.05, 4.69) is 46.4 Å². The topological polar surface area (TPSA) is 317 Å². The van der Waals surface area contributed by atoms with Crippen molar-refractivity contribution in [1.29, 1.82) is 0 Å². The number of thiazole rings is 2. The average Bonchev–Trinajstić information content (AvgIpc) is 1.67. The number of aryl methyl sites for hydroxylation is 3. The first-order valence-corrected chi connectivity index (χ1v) is 35.6. The largest absolute Gasteiger partial charge is 0.443 e. The molecule has 0 aliphatic carbocycles. The monoisotopic (exact) mass is 1400 g/mol. The Labute approximate surface area is 586 Å². The molecule has 100 heavy (non-hydrogen) atoms. The minimum atomic E-state index is -0.970. The number of ether oxygens (including phenoxy) is 2. The summed E-state index contributed by atoms with van der Waals surface area (Å²) in [6.45, 7) is 15.0. The molecular weight excluding hydrogens is 1320 g/mol. The first kappa shape index (κ1) is 70.3. The van der Waals surface area contributed by atoms with Gasteiger partial charge in [-0.15, -0.1) is 22.7 Å². The van der Waals surface area contributed by atoms with Crippen LogP contribution >= 0.6 is 22.7 Å². The lowest BCUT2D eigenvalue weighted by Crippen LogP contribution is -2.47. The van der Waals surface area contributed by atoms with Crippen molar-refractivity contribution in [2.45, 2.75) is 180 Å². The van der Waals surface area contributed by atoms with Crippen LogP contribution in [0.3, 0.4) is 0 Å². The number of rotatable bonds is 27. The highest BCUT2D eigenvalue weighted by Gasteiger charge is 2.46. The van der Waals surface area contributed by atoms with Crippen molar-refractivity contribution in [1.82, 2.24) is 61.1 Å². The summed E-state index contributed by atoms with van der Waals surface area (Å²) in [6.07, 6.45) is 2.40. The highest BCUT2D eigenvalue weighted by Crippen LogP contribution is 2.36. The highest BCUT2D eigenvalue weighted by molar-refractivity contribution is 7.13. The normalized spacial score (nSPS) is 19.9. The fraction of sp³-hybridized carbons (Fsp3) is 0.425. The zero-order valence-electron chi connectivity index (χ0n) is 57.0. The van der Waals surface area contributed by atoms with Crippen molar-refractivity contribution in [3.05, 3.63) is 177 Å². The number of β-amino-alcohol motifs (C(OH)–C–C–N with tert-alkyl or cyclic N) is 1. The summed E-state index contributed by atoms with van der Waals surface area (Å²) in [5.41, 5.74) is 12.1. The van der Waals surface area contributed by atoms with Gasteiger partial charge >= 0.3 is 0 Å². The number of hydrogen-bond acceptors (Lipinski definition) is 21. The first-order chi connectivity index (χ1) is 48.3. The Morgan fingerprint density at radius 1 is 0.580 bits per heavy atom. The van der Waals surface area contributed by atoms with Gasteiger partial charge in [-0.25, -0.2) is 9.97 Å². The molecular formula is C73H82N12O13S2. The van der Waals surface area contributed by atoms with Crippen LogP contribution in [-0.2, 0) is 58.0 Å². The fourth-order valence-corrected chi connectivity index (χ4v) is 15.0. The molecule has 0 bridgehead atoms. The van der Waals surface area contributed by atoms with Gasteiger partial charge in [0.2, 0.25) is 35.4 Å². The number of carbonyl (C=O) groups is 6. The van der Waals surface area contributed by atoms with E-state index in [0.29, 0.717) is 41.4 Å². The summed E-state index contributed by atoms with van der Waals surface area (Å²) in [4.78, 5) is 106. The smallest absolute Gasteiger partial charge is 0.243 e. The van der Waals surface area contributed by atoms with E-state index in [4.69, 9.17) is 27.5 Å². The van der Waals surface area contributed by atoms with E-state index < -0.39 is 71.9 Å². The van der Waals surface area contributed by atoms with E-state index in [0.717, 1.165) is 54.5 Å². The second-order valence-corrected chi connectivity index (χ2v) is 27.7. The zero-order valence-corrected chi connectivity index (χ0v) is 58.6. The van der Waals surface area contributed by atoms with Gasteiger partial charge in [-0.05, 0) is 81.7 Å². The molecule has 11 atom stereocenters. The van der Waals surface area contributed by atoms with Crippen molar-refractivity contribution < 1.29 is 61.3 Å². The molecule has 0 unspecified atom stereocenters. The van der Waals surface area contributed by atoms with Crippen molar-refractivity contribution in [3.63, 3.8) is 0 Å². The van der Waals surface area contributed by atoms with Crippen LogP contribution in [0.25, 0.3) is 32.2 Å². The molecule has 6 aromatic heterocycles. The number of nitrogens with zero attached hydrogens (tertiary/aromatic N) is 9. The number of benzene rings is 3. The van der Waals surface area contributed by atoms with Gasteiger partial charge in [-0.1, -0.05) is 109 Å². The lowest BCUT2D eigenvalue weighted by atomic mass is 10.0. The van der Waals surface area contributed by atoms with Gasteiger partial charge < -0.3 is 63.2 Å². The quantitative estimate of drug-likeness (QED) is 0.0372. The second kappa shape index (κ2) is 31.3. The van der Waals surface area contributed by atoms with Gasteiger partial charge in [0.25, 0.3) is 0 Å². The molecule has 6 amide bonds. The average molecular weight is 1400 g/mol. The number of aromatic nitrogens is 6. The molecule has 3 saturated heterocycles. The number of oxazole rings is 1. The predicted molar refractivity (Wildman–Crippen MR) is 368 cm³/mol. The van der Waals surface area contributed by atoms with Gasteiger partial charge in [-0.2, -0.15) is 0 Å². The van der Waals surface area contributed by atoms with E-state index in [1.165, 1.54) is 27.5 Å². The minimum Gasteiger partial charge on any atom is -0.443 e. The molecule has 3 aliphatic rings. The highest BCUT2D eigenvalue weighted by atomic mass is 32.1. The molecule has 4 N–H and O–H groups in total. The molecule has 12 rings (SSSR count). The van der Waals surface area contributed by atoms with E-state index in [1.54, 1.807) is 46.9 Å². The van der Waals surface area contributed by atoms with Crippen LogP contribution in [0, 0.1) is 20.8 Å². The van der Waals surface area contributed by atoms with Crippen LogP contribution in [0.4, 0.5) is 0 Å². The summed E-state index contributed by atoms with van der Waals surface area (Å²) in [5, 5.41) is 32.8. The van der Waals surface area contributed by atoms with Crippen LogP contribution in [0.5, 0.6) is 0 Å². The van der Waals surface area contributed by atoms with Gasteiger partial charge in [0, 0.05) is 75.4 Å². The van der Waals surface area contributed by atoms with Crippen molar-refractivity contribution >= 4 is 58.1 Å². The van der Waals surface area contributed by atoms with Crippen LogP contribution in [0.15, 0.2) is 133 Å². The number of likely N-dealkylation sites (tertiary alicyclic amines) is 3. The van der Waals surface area contributed by atoms with Gasteiger partial charge in [0.1, 0.15) is 46.8 Å². The Morgan fingerprint density at radius 2 is 1.08 bits per heavy atom. The maximum absolute atomic E-state index is 15.1. The lowest BCUT2D eigenvalue weighted by molar-refractivity contribution is -0.140. The Bertz CT molecular complexity index is 4300. The number of carbonyl (C=O) groups excluding carboxylic acids is 6. The molecule has 9 heterocycles.